The molecule has 0 radical (unpaired) electrons. The van der Waals surface area contributed by atoms with Gasteiger partial charge in [-0.3, -0.25) is 0 Å². The van der Waals surface area contributed by atoms with Gasteiger partial charge in [-0.05, 0) is 22.9 Å². The second kappa shape index (κ2) is 6.26. The topological polar surface area (TPSA) is 87.6 Å². The zero-order valence-electron chi connectivity index (χ0n) is 8.97. The molecule has 0 fully saturated rings. The molecule has 0 aliphatic heterocycles. The van der Waals surface area contributed by atoms with E-state index in [1.54, 1.807) is 12.4 Å². The number of aromatic nitrogens is 2. The van der Waals surface area contributed by atoms with E-state index in [1.807, 2.05) is 11.8 Å². The lowest BCUT2D eigenvalue weighted by atomic mass is 10.3. The molecular weight excluding hydrogens is 274 g/mol. The Morgan fingerprint density at radius 3 is 2.69 bits per heavy atom. The van der Waals surface area contributed by atoms with Crippen LogP contribution in [0.15, 0.2) is 22.0 Å². The van der Waals surface area contributed by atoms with E-state index < -0.39 is 0 Å². The molecule has 7 heteroatoms. The molecule has 1 aromatic rings. The van der Waals surface area contributed by atoms with Gasteiger partial charge in [0.05, 0.1) is 4.47 Å². The SMILES string of the molecule is CCN(CCC(N)=NO)c1ncc(Br)cn1. The Kier molecular flexibility index (Phi) is 4.97. The van der Waals surface area contributed by atoms with Crippen molar-refractivity contribution < 1.29 is 5.21 Å². The van der Waals surface area contributed by atoms with Crippen LogP contribution in [-0.2, 0) is 0 Å². The fraction of sp³-hybridized carbons (Fsp3) is 0.444. The van der Waals surface area contributed by atoms with E-state index in [4.69, 9.17) is 10.9 Å². The van der Waals surface area contributed by atoms with E-state index in [2.05, 4.69) is 31.1 Å². The summed E-state index contributed by atoms with van der Waals surface area (Å²) >= 11 is 3.27. The van der Waals surface area contributed by atoms with Gasteiger partial charge in [0.1, 0.15) is 5.84 Å². The molecule has 1 rings (SSSR count). The van der Waals surface area contributed by atoms with Crippen molar-refractivity contribution in [2.45, 2.75) is 13.3 Å². The summed E-state index contributed by atoms with van der Waals surface area (Å²) in [6.45, 7) is 3.38. The number of hydrogen-bond donors (Lipinski definition) is 2. The Morgan fingerprint density at radius 1 is 1.56 bits per heavy atom. The third kappa shape index (κ3) is 3.65. The Morgan fingerprint density at radius 2 is 2.19 bits per heavy atom. The molecule has 16 heavy (non-hydrogen) atoms. The van der Waals surface area contributed by atoms with E-state index in [0.717, 1.165) is 11.0 Å². The summed E-state index contributed by atoms with van der Waals surface area (Å²) in [6.07, 6.45) is 3.85. The monoisotopic (exact) mass is 287 g/mol. The fourth-order valence-electron chi connectivity index (χ4n) is 1.17. The molecule has 0 amide bonds. The zero-order valence-corrected chi connectivity index (χ0v) is 10.6. The van der Waals surface area contributed by atoms with Gasteiger partial charge in [-0.15, -0.1) is 0 Å². The largest absolute Gasteiger partial charge is 0.409 e. The standard InChI is InChI=1S/C9H14BrN5O/c1-2-15(4-3-8(11)14-16)9-12-5-7(10)6-13-9/h5-6,16H,2-4H2,1H3,(H2,11,14). The van der Waals surface area contributed by atoms with E-state index in [1.165, 1.54) is 0 Å². The predicted octanol–water partition coefficient (Wildman–Crippen LogP) is 1.20. The average Bonchev–Trinajstić information content (AvgIpc) is 2.31. The van der Waals surface area contributed by atoms with Crippen molar-refractivity contribution >= 4 is 27.7 Å². The van der Waals surface area contributed by atoms with Crippen LogP contribution < -0.4 is 10.6 Å². The Hall–Kier alpha value is -1.37. The van der Waals surface area contributed by atoms with Crippen LogP contribution in [-0.4, -0.2) is 34.1 Å². The molecule has 0 bridgehead atoms. The fourth-order valence-corrected chi connectivity index (χ4v) is 1.37. The lowest BCUT2D eigenvalue weighted by Gasteiger charge is -2.19. The molecule has 0 spiro atoms. The van der Waals surface area contributed by atoms with Crippen molar-refractivity contribution in [1.29, 1.82) is 0 Å². The Labute approximate surface area is 102 Å². The summed E-state index contributed by atoms with van der Waals surface area (Å²) in [5, 5.41) is 11.4. The van der Waals surface area contributed by atoms with Gasteiger partial charge in [0.15, 0.2) is 0 Å². The summed E-state index contributed by atoms with van der Waals surface area (Å²) in [4.78, 5) is 10.3. The minimum Gasteiger partial charge on any atom is -0.409 e. The van der Waals surface area contributed by atoms with Gasteiger partial charge in [-0.2, -0.15) is 0 Å². The maximum Gasteiger partial charge on any atom is 0.225 e. The summed E-state index contributed by atoms with van der Waals surface area (Å²) in [5.74, 6) is 0.840. The van der Waals surface area contributed by atoms with Gasteiger partial charge in [-0.25, -0.2) is 9.97 Å². The first-order valence-corrected chi connectivity index (χ1v) is 5.65. The van der Waals surface area contributed by atoms with Crippen molar-refractivity contribution in [2.24, 2.45) is 10.9 Å². The summed E-state index contributed by atoms with van der Waals surface area (Å²) in [7, 11) is 0. The van der Waals surface area contributed by atoms with Crippen LogP contribution in [0.25, 0.3) is 0 Å². The molecule has 0 saturated heterocycles. The molecule has 88 valence electrons. The van der Waals surface area contributed by atoms with E-state index in [0.29, 0.717) is 18.9 Å². The number of rotatable bonds is 5. The van der Waals surface area contributed by atoms with Gasteiger partial charge in [0.2, 0.25) is 5.95 Å². The van der Waals surface area contributed by atoms with E-state index in [9.17, 15) is 0 Å². The highest BCUT2D eigenvalue weighted by Gasteiger charge is 2.07. The molecule has 0 aromatic carbocycles. The van der Waals surface area contributed by atoms with Crippen LogP contribution in [0.3, 0.4) is 0 Å². The summed E-state index contributed by atoms with van der Waals surface area (Å²) < 4.78 is 0.837. The maximum absolute atomic E-state index is 8.43. The Balaban J connectivity index is 2.64. The summed E-state index contributed by atoms with van der Waals surface area (Å²) in [5.41, 5.74) is 5.40. The summed E-state index contributed by atoms with van der Waals surface area (Å²) in [6, 6.07) is 0. The van der Waals surface area contributed by atoms with Crippen molar-refractivity contribution in [3.63, 3.8) is 0 Å². The van der Waals surface area contributed by atoms with Gasteiger partial charge in [0, 0.05) is 31.9 Å². The third-order valence-electron chi connectivity index (χ3n) is 2.04. The average molecular weight is 288 g/mol. The number of nitrogens with zero attached hydrogens (tertiary/aromatic N) is 4. The van der Waals surface area contributed by atoms with Crippen molar-refractivity contribution in [3.05, 3.63) is 16.9 Å². The number of amidine groups is 1. The normalized spacial score (nSPS) is 11.5. The Bertz CT molecular complexity index is 353. The molecule has 1 aromatic heterocycles. The molecular formula is C9H14BrN5O. The highest BCUT2D eigenvalue weighted by atomic mass is 79.9. The third-order valence-corrected chi connectivity index (χ3v) is 2.45. The number of hydrogen-bond acceptors (Lipinski definition) is 5. The lowest BCUT2D eigenvalue weighted by Crippen LogP contribution is -2.29. The molecule has 0 aliphatic rings. The van der Waals surface area contributed by atoms with E-state index in [-0.39, 0.29) is 5.84 Å². The van der Waals surface area contributed by atoms with E-state index >= 15 is 0 Å². The number of oxime groups is 1. The van der Waals surface area contributed by atoms with Crippen molar-refractivity contribution in [1.82, 2.24) is 9.97 Å². The highest BCUT2D eigenvalue weighted by molar-refractivity contribution is 9.10. The number of halogens is 1. The number of nitrogens with two attached hydrogens (primary N) is 1. The van der Waals surface area contributed by atoms with Crippen LogP contribution in [0.5, 0.6) is 0 Å². The van der Waals surface area contributed by atoms with Crippen molar-refractivity contribution in [2.75, 3.05) is 18.0 Å². The van der Waals surface area contributed by atoms with Gasteiger partial charge in [-0.1, -0.05) is 5.16 Å². The molecule has 6 nitrogen and oxygen atoms in total. The molecule has 0 unspecified atom stereocenters. The highest BCUT2D eigenvalue weighted by Crippen LogP contribution is 2.10. The predicted molar refractivity (Wildman–Crippen MR) is 65.6 cm³/mol. The van der Waals surface area contributed by atoms with Gasteiger partial charge >= 0.3 is 0 Å². The quantitative estimate of drug-likeness (QED) is 0.368. The smallest absolute Gasteiger partial charge is 0.225 e. The molecule has 0 atom stereocenters. The maximum atomic E-state index is 8.43. The van der Waals surface area contributed by atoms with Crippen LogP contribution >= 0.6 is 15.9 Å². The van der Waals surface area contributed by atoms with Crippen LogP contribution in [0.4, 0.5) is 5.95 Å². The minimum absolute atomic E-state index is 0.204. The minimum atomic E-state index is 0.204. The number of anilines is 1. The van der Waals surface area contributed by atoms with Gasteiger partial charge in [0.25, 0.3) is 0 Å². The molecule has 1 heterocycles. The van der Waals surface area contributed by atoms with Crippen LogP contribution in [0.1, 0.15) is 13.3 Å². The lowest BCUT2D eigenvalue weighted by molar-refractivity contribution is 0.317. The zero-order chi connectivity index (χ0) is 12.0. The first-order chi connectivity index (χ1) is 7.67. The molecule has 0 aliphatic carbocycles. The molecule has 0 saturated carbocycles. The van der Waals surface area contributed by atoms with Crippen molar-refractivity contribution in [3.8, 4) is 0 Å². The van der Waals surface area contributed by atoms with Crippen LogP contribution in [0.2, 0.25) is 0 Å². The molecule has 3 N–H and O–H groups in total. The first-order valence-electron chi connectivity index (χ1n) is 4.86. The second-order valence-electron chi connectivity index (χ2n) is 3.12. The van der Waals surface area contributed by atoms with Crippen LogP contribution in [0, 0.1) is 0 Å². The first kappa shape index (κ1) is 12.7. The van der Waals surface area contributed by atoms with Gasteiger partial charge < -0.3 is 15.8 Å². The second-order valence-corrected chi connectivity index (χ2v) is 4.04.